The minimum absolute atomic E-state index is 0.123. The second kappa shape index (κ2) is 5.89. The highest BCUT2D eigenvalue weighted by atomic mass is 19.4. The summed E-state index contributed by atoms with van der Waals surface area (Å²) in [7, 11) is 0. The maximum Gasteiger partial charge on any atom is 0.401 e. The molecule has 1 aromatic carbocycles. The Hall–Kier alpha value is -1.03. The number of alkyl halides is 3. The van der Waals surface area contributed by atoms with Crippen LogP contribution < -0.4 is 5.32 Å². The molecule has 0 aliphatic carbocycles. The molecule has 1 unspecified atom stereocenters. The second-order valence-corrected chi connectivity index (χ2v) is 3.92. The van der Waals surface area contributed by atoms with E-state index in [1.54, 1.807) is 6.92 Å². The fraction of sp³-hybridized carbons (Fsp3) is 0.500. The summed E-state index contributed by atoms with van der Waals surface area (Å²) in [6.45, 7) is 0.859. The van der Waals surface area contributed by atoms with Gasteiger partial charge in [-0.15, -0.1) is 0 Å². The Bertz CT molecular complexity index is 295. The monoisotopic (exact) mass is 231 g/mol. The number of halogens is 3. The smallest absolute Gasteiger partial charge is 0.306 e. The SMILES string of the molecule is CC(CCc1ccccc1)NCC(F)(F)F. The van der Waals surface area contributed by atoms with Gasteiger partial charge < -0.3 is 5.32 Å². The van der Waals surface area contributed by atoms with Crippen LogP contribution in [0.1, 0.15) is 18.9 Å². The van der Waals surface area contributed by atoms with Gasteiger partial charge in [-0.3, -0.25) is 0 Å². The van der Waals surface area contributed by atoms with Crippen LogP contribution in [0.15, 0.2) is 30.3 Å². The van der Waals surface area contributed by atoms with Crippen molar-refractivity contribution in [2.45, 2.75) is 32.0 Å². The lowest BCUT2D eigenvalue weighted by molar-refractivity contribution is -0.126. The van der Waals surface area contributed by atoms with Gasteiger partial charge in [0.15, 0.2) is 0 Å². The third-order valence-electron chi connectivity index (χ3n) is 2.36. The molecule has 1 aromatic rings. The van der Waals surface area contributed by atoms with Gasteiger partial charge in [-0.2, -0.15) is 13.2 Å². The van der Waals surface area contributed by atoms with Crippen LogP contribution in [-0.4, -0.2) is 18.8 Å². The Morgan fingerprint density at radius 2 is 1.81 bits per heavy atom. The van der Waals surface area contributed by atoms with Crippen molar-refractivity contribution in [1.82, 2.24) is 5.32 Å². The molecular formula is C12H16F3N. The molecule has 0 spiro atoms. The molecule has 90 valence electrons. The molecule has 16 heavy (non-hydrogen) atoms. The summed E-state index contributed by atoms with van der Waals surface area (Å²) in [5.41, 5.74) is 1.16. The van der Waals surface area contributed by atoms with Crippen LogP contribution in [0.4, 0.5) is 13.2 Å². The lowest BCUT2D eigenvalue weighted by atomic mass is 10.1. The number of hydrogen-bond acceptors (Lipinski definition) is 1. The van der Waals surface area contributed by atoms with E-state index in [0.717, 1.165) is 12.0 Å². The van der Waals surface area contributed by atoms with E-state index in [9.17, 15) is 13.2 Å². The second-order valence-electron chi connectivity index (χ2n) is 3.92. The predicted molar refractivity (Wildman–Crippen MR) is 58.3 cm³/mol. The number of hydrogen-bond donors (Lipinski definition) is 1. The Morgan fingerprint density at radius 1 is 1.19 bits per heavy atom. The molecule has 1 rings (SSSR count). The van der Waals surface area contributed by atoms with Crippen LogP contribution in [0.2, 0.25) is 0 Å². The van der Waals surface area contributed by atoms with E-state index < -0.39 is 12.7 Å². The normalized spacial score (nSPS) is 13.8. The average molecular weight is 231 g/mol. The molecule has 0 saturated heterocycles. The molecule has 1 atom stereocenters. The van der Waals surface area contributed by atoms with Gasteiger partial charge in [0.25, 0.3) is 0 Å². The molecule has 0 aliphatic rings. The van der Waals surface area contributed by atoms with E-state index in [2.05, 4.69) is 5.32 Å². The van der Waals surface area contributed by atoms with Gasteiger partial charge in [-0.05, 0) is 25.3 Å². The first-order chi connectivity index (χ1) is 7.47. The first-order valence-electron chi connectivity index (χ1n) is 5.31. The molecule has 0 saturated carbocycles. The minimum Gasteiger partial charge on any atom is -0.306 e. The van der Waals surface area contributed by atoms with Crippen LogP contribution in [0, 0.1) is 0 Å². The van der Waals surface area contributed by atoms with Crippen molar-refractivity contribution >= 4 is 0 Å². The fourth-order valence-electron chi connectivity index (χ4n) is 1.42. The lowest BCUT2D eigenvalue weighted by Gasteiger charge is -2.15. The van der Waals surface area contributed by atoms with Gasteiger partial charge in [-0.1, -0.05) is 30.3 Å². The Kier molecular flexibility index (Phi) is 4.80. The third kappa shape index (κ3) is 5.75. The van der Waals surface area contributed by atoms with Crippen LogP contribution in [0.3, 0.4) is 0 Å². The summed E-state index contributed by atoms with van der Waals surface area (Å²) in [4.78, 5) is 0. The summed E-state index contributed by atoms with van der Waals surface area (Å²) >= 11 is 0. The van der Waals surface area contributed by atoms with Crippen LogP contribution in [0.5, 0.6) is 0 Å². The van der Waals surface area contributed by atoms with E-state index in [1.807, 2.05) is 30.3 Å². The van der Waals surface area contributed by atoms with Crippen molar-refractivity contribution in [2.24, 2.45) is 0 Å². The van der Waals surface area contributed by atoms with Gasteiger partial charge >= 0.3 is 6.18 Å². The summed E-state index contributed by atoms with van der Waals surface area (Å²) in [5, 5.41) is 2.47. The third-order valence-corrected chi connectivity index (χ3v) is 2.36. The zero-order valence-corrected chi connectivity index (χ0v) is 9.22. The molecule has 0 aliphatic heterocycles. The highest BCUT2D eigenvalue weighted by Gasteiger charge is 2.27. The van der Waals surface area contributed by atoms with E-state index in [4.69, 9.17) is 0 Å². The molecule has 4 heteroatoms. The topological polar surface area (TPSA) is 12.0 Å². The van der Waals surface area contributed by atoms with Crippen molar-refractivity contribution in [2.75, 3.05) is 6.54 Å². The summed E-state index contributed by atoms with van der Waals surface area (Å²) in [6, 6.07) is 9.63. The summed E-state index contributed by atoms with van der Waals surface area (Å²) in [5.74, 6) is 0. The van der Waals surface area contributed by atoms with Crippen molar-refractivity contribution < 1.29 is 13.2 Å². The fourth-order valence-corrected chi connectivity index (χ4v) is 1.42. The first-order valence-corrected chi connectivity index (χ1v) is 5.31. The van der Waals surface area contributed by atoms with E-state index >= 15 is 0 Å². The van der Waals surface area contributed by atoms with E-state index in [0.29, 0.717) is 6.42 Å². The molecule has 1 N–H and O–H groups in total. The van der Waals surface area contributed by atoms with Gasteiger partial charge in [0, 0.05) is 6.04 Å². The lowest BCUT2D eigenvalue weighted by Crippen LogP contribution is -2.35. The molecule has 0 radical (unpaired) electrons. The van der Waals surface area contributed by atoms with Crippen molar-refractivity contribution in [3.05, 3.63) is 35.9 Å². The van der Waals surface area contributed by atoms with Crippen LogP contribution in [-0.2, 0) is 6.42 Å². The molecule has 0 fully saturated rings. The standard InChI is InChI=1S/C12H16F3N/c1-10(16-9-12(13,14)15)7-8-11-5-3-2-4-6-11/h2-6,10,16H,7-9H2,1H3. The maximum absolute atomic E-state index is 11.9. The number of rotatable bonds is 5. The highest BCUT2D eigenvalue weighted by molar-refractivity contribution is 5.14. The van der Waals surface area contributed by atoms with Crippen LogP contribution >= 0.6 is 0 Å². The molecule has 0 aromatic heterocycles. The van der Waals surface area contributed by atoms with Crippen LogP contribution in [0.25, 0.3) is 0 Å². The minimum atomic E-state index is -4.12. The number of benzene rings is 1. The van der Waals surface area contributed by atoms with Crippen molar-refractivity contribution in [1.29, 1.82) is 0 Å². The first kappa shape index (κ1) is 13.0. The summed E-state index contributed by atoms with van der Waals surface area (Å²) in [6.07, 6.45) is -2.62. The number of aryl methyl sites for hydroxylation is 1. The van der Waals surface area contributed by atoms with Crippen molar-refractivity contribution in [3.8, 4) is 0 Å². The predicted octanol–water partition coefficient (Wildman–Crippen LogP) is 3.16. The zero-order valence-electron chi connectivity index (χ0n) is 9.22. The molecule has 0 bridgehead atoms. The zero-order chi connectivity index (χ0) is 12.0. The summed E-state index contributed by atoms with van der Waals surface area (Å²) < 4.78 is 35.8. The highest BCUT2D eigenvalue weighted by Crippen LogP contribution is 2.13. The van der Waals surface area contributed by atoms with Gasteiger partial charge in [0.2, 0.25) is 0 Å². The maximum atomic E-state index is 11.9. The Balaban J connectivity index is 2.23. The van der Waals surface area contributed by atoms with E-state index in [-0.39, 0.29) is 6.04 Å². The van der Waals surface area contributed by atoms with Crippen molar-refractivity contribution in [3.63, 3.8) is 0 Å². The Labute approximate surface area is 93.7 Å². The van der Waals surface area contributed by atoms with Gasteiger partial charge in [-0.25, -0.2) is 0 Å². The van der Waals surface area contributed by atoms with E-state index in [1.165, 1.54) is 0 Å². The Morgan fingerprint density at radius 3 is 2.38 bits per heavy atom. The molecular weight excluding hydrogens is 215 g/mol. The van der Waals surface area contributed by atoms with Gasteiger partial charge in [0.05, 0.1) is 6.54 Å². The quantitative estimate of drug-likeness (QED) is 0.820. The molecule has 0 heterocycles. The molecule has 0 amide bonds. The average Bonchev–Trinajstić information content (AvgIpc) is 2.24. The largest absolute Gasteiger partial charge is 0.401 e. The number of nitrogens with one attached hydrogen (secondary N) is 1. The molecule has 1 nitrogen and oxygen atoms in total. The van der Waals surface area contributed by atoms with Gasteiger partial charge in [0.1, 0.15) is 0 Å².